The van der Waals surface area contributed by atoms with Gasteiger partial charge in [-0.25, -0.2) is 14.1 Å². The number of carbonyl (C=O) groups excluding carboxylic acids is 1. The molecule has 1 saturated heterocycles. The number of nitrogens with one attached hydrogen (secondary N) is 1. The van der Waals surface area contributed by atoms with Gasteiger partial charge < -0.3 is 15.0 Å². The fourth-order valence-electron chi connectivity index (χ4n) is 2.20. The van der Waals surface area contributed by atoms with Crippen LogP contribution in [-0.4, -0.2) is 58.4 Å². The van der Waals surface area contributed by atoms with Gasteiger partial charge in [-0.2, -0.15) is 0 Å². The molecule has 2 aromatic rings. The van der Waals surface area contributed by atoms with E-state index in [1.807, 2.05) is 11.9 Å². The average molecular weight is 305 g/mol. The first kappa shape index (κ1) is 14.6. The van der Waals surface area contributed by atoms with Crippen molar-refractivity contribution in [2.45, 2.75) is 6.10 Å². The van der Waals surface area contributed by atoms with Crippen LogP contribution < -0.4 is 5.32 Å². The maximum atomic E-state index is 13.6. The number of rotatable bonds is 3. The van der Waals surface area contributed by atoms with Gasteiger partial charge in [0.25, 0.3) is 5.91 Å². The first-order valence-electron chi connectivity index (χ1n) is 6.91. The SMILES string of the molecule is CN1CCOC(C(=O)Nc2ccn(-c3ncccc3F)n2)C1. The molecule has 0 radical (unpaired) electrons. The standard InChI is InChI=1S/C14H16FN5O2/c1-19-7-8-22-11(9-19)14(21)17-12-4-6-20(18-12)13-10(15)3-2-5-16-13/h2-6,11H,7-9H2,1H3,(H,17,18,21). The van der Waals surface area contributed by atoms with Crippen LogP contribution in [0.2, 0.25) is 0 Å². The van der Waals surface area contributed by atoms with Crippen molar-refractivity contribution in [1.29, 1.82) is 0 Å². The van der Waals surface area contributed by atoms with Crippen LogP contribution in [0.15, 0.2) is 30.6 Å². The molecule has 0 spiro atoms. The highest BCUT2D eigenvalue weighted by Crippen LogP contribution is 2.12. The summed E-state index contributed by atoms with van der Waals surface area (Å²) in [6.45, 7) is 1.85. The van der Waals surface area contributed by atoms with Gasteiger partial charge in [-0.3, -0.25) is 4.79 Å². The Hall–Kier alpha value is -2.32. The van der Waals surface area contributed by atoms with E-state index in [1.165, 1.54) is 29.2 Å². The summed E-state index contributed by atoms with van der Waals surface area (Å²) >= 11 is 0. The molecular weight excluding hydrogens is 289 g/mol. The topological polar surface area (TPSA) is 72.3 Å². The number of hydrogen-bond acceptors (Lipinski definition) is 5. The maximum absolute atomic E-state index is 13.6. The summed E-state index contributed by atoms with van der Waals surface area (Å²) in [5.41, 5.74) is 0. The molecule has 3 rings (SSSR count). The number of aromatic nitrogens is 3. The molecule has 3 heterocycles. The Morgan fingerprint density at radius 2 is 2.36 bits per heavy atom. The number of carbonyl (C=O) groups is 1. The van der Waals surface area contributed by atoms with E-state index in [9.17, 15) is 9.18 Å². The van der Waals surface area contributed by atoms with Gasteiger partial charge in [0, 0.05) is 31.5 Å². The number of halogens is 1. The first-order chi connectivity index (χ1) is 10.6. The zero-order valence-corrected chi connectivity index (χ0v) is 12.1. The third-order valence-electron chi connectivity index (χ3n) is 3.36. The van der Waals surface area contributed by atoms with E-state index >= 15 is 0 Å². The van der Waals surface area contributed by atoms with E-state index in [1.54, 1.807) is 6.07 Å². The predicted molar refractivity (Wildman–Crippen MR) is 77.2 cm³/mol. The van der Waals surface area contributed by atoms with Crippen molar-refractivity contribution in [3.05, 3.63) is 36.4 Å². The summed E-state index contributed by atoms with van der Waals surface area (Å²) in [4.78, 5) is 18.1. The first-order valence-corrected chi connectivity index (χ1v) is 6.91. The second-order valence-electron chi connectivity index (χ2n) is 5.07. The molecule has 1 N–H and O–H groups in total. The highest BCUT2D eigenvalue weighted by molar-refractivity contribution is 5.93. The Morgan fingerprint density at radius 1 is 1.50 bits per heavy atom. The molecule has 116 valence electrons. The number of anilines is 1. The maximum Gasteiger partial charge on any atom is 0.256 e. The van der Waals surface area contributed by atoms with Crippen LogP contribution in [0.25, 0.3) is 5.82 Å². The molecule has 1 atom stereocenters. The third kappa shape index (κ3) is 3.12. The minimum Gasteiger partial charge on any atom is -0.366 e. The molecule has 8 heteroatoms. The highest BCUT2D eigenvalue weighted by atomic mass is 19.1. The van der Waals surface area contributed by atoms with Crippen LogP contribution in [0.3, 0.4) is 0 Å². The zero-order valence-electron chi connectivity index (χ0n) is 12.1. The molecule has 0 aromatic carbocycles. The van der Waals surface area contributed by atoms with Crippen molar-refractivity contribution < 1.29 is 13.9 Å². The van der Waals surface area contributed by atoms with E-state index in [0.29, 0.717) is 19.0 Å². The molecule has 0 aliphatic carbocycles. The number of ether oxygens (including phenoxy) is 1. The van der Waals surface area contributed by atoms with Crippen LogP contribution >= 0.6 is 0 Å². The quantitative estimate of drug-likeness (QED) is 0.902. The fraction of sp³-hybridized carbons (Fsp3) is 0.357. The summed E-state index contributed by atoms with van der Waals surface area (Å²) in [5, 5.41) is 6.78. The van der Waals surface area contributed by atoms with Crippen molar-refractivity contribution in [3.8, 4) is 5.82 Å². The highest BCUT2D eigenvalue weighted by Gasteiger charge is 2.25. The predicted octanol–water partition coefficient (Wildman–Crippen LogP) is 0.675. The van der Waals surface area contributed by atoms with Gasteiger partial charge in [0.05, 0.1) is 6.61 Å². The normalized spacial score (nSPS) is 19.1. The van der Waals surface area contributed by atoms with Crippen LogP contribution in [0.5, 0.6) is 0 Å². The molecule has 2 aromatic heterocycles. The van der Waals surface area contributed by atoms with Gasteiger partial charge in [-0.15, -0.1) is 5.10 Å². The van der Waals surface area contributed by atoms with Crippen LogP contribution in [0, 0.1) is 5.82 Å². The second-order valence-corrected chi connectivity index (χ2v) is 5.07. The van der Waals surface area contributed by atoms with E-state index in [0.717, 1.165) is 6.54 Å². The van der Waals surface area contributed by atoms with E-state index in [2.05, 4.69) is 15.4 Å². The number of amides is 1. The molecule has 1 amide bonds. The smallest absolute Gasteiger partial charge is 0.256 e. The number of hydrogen-bond donors (Lipinski definition) is 1. The monoisotopic (exact) mass is 305 g/mol. The third-order valence-corrected chi connectivity index (χ3v) is 3.36. The Kier molecular flexibility index (Phi) is 4.12. The van der Waals surface area contributed by atoms with Crippen LogP contribution in [0.1, 0.15) is 0 Å². The Labute approximate surface area is 126 Å². The van der Waals surface area contributed by atoms with Crippen molar-refractivity contribution in [3.63, 3.8) is 0 Å². The molecule has 1 unspecified atom stereocenters. The minimum absolute atomic E-state index is 0.0802. The summed E-state index contributed by atoms with van der Waals surface area (Å²) in [6.07, 6.45) is 2.48. The van der Waals surface area contributed by atoms with Crippen LogP contribution in [-0.2, 0) is 9.53 Å². The number of nitrogens with zero attached hydrogens (tertiary/aromatic N) is 4. The van der Waals surface area contributed by atoms with Gasteiger partial charge in [0.2, 0.25) is 0 Å². The molecule has 0 saturated carbocycles. The second kappa shape index (κ2) is 6.20. The van der Waals surface area contributed by atoms with Crippen molar-refractivity contribution >= 4 is 11.7 Å². The minimum atomic E-state index is -0.532. The van der Waals surface area contributed by atoms with Crippen molar-refractivity contribution in [2.75, 3.05) is 32.1 Å². The lowest BCUT2D eigenvalue weighted by atomic mass is 10.2. The van der Waals surface area contributed by atoms with E-state index < -0.39 is 11.9 Å². The number of pyridine rings is 1. The summed E-state index contributed by atoms with van der Waals surface area (Å²) < 4.78 is 20.4. The molecule has 22 heavy (non-hydrogen) atoms. The summed E-state index contributed by atoms with van der Waals surface area (Å²) in [7, 11) is 1.93. The lowest BCUT2D eigenvalue weighted by Gasteiger charge is -2.28. The van der Waals surface area contributed by atoms with Gasteiger partial charge in [-0.1, -0.05) is 0 Å². The molecule has 0 bridgehead atoms. The molecular formula is C14H16FN5O2. The lowest BCUT2D eigenvalue weighted by molar-refractivity contribution is -0.132. The average Bonchev–Trinajstić information content (AvgIpc) is 2.96. The van der Waals surface area contributed by atoms with Gasteiger partial charge >= 0.3 is 0 Å². The van der Waals surface area contributed by atoms with Crippen LogP contribution in [0.4, 0.5) is 10.2 Å². The molecule has 7 nitrogen and oxygen atoms in total. The molecule has 1 fully saturated rings. The zero-order chi connectivity index (χ0) is 15.5. The van der Waals surface area contributed by atoms with Crippen molar-refractivity contribution in [1.82, 2.24) is 19.7 Å². The Morgan fingerprint density at radius 3 is 3.14 bits per heavy atom. The van der Waals surface area contributed by atoms with Gasteiger partial charge in [0.15, 0.2) is 17.5 Å². The summed E-state index contributed by atoms with van der Waals surface area (Å²) in [6, 6.07) is 4.38. The van der Waals surface area contributed by atoms with Gasteiger partial charge in [-0.05, 0) is 19.2 Å². The fourth-order valence-corrected chi connectivity index (χ4v) is 2.20. The Balaban J connectivity index is 1.69. The lowest BCUT2D eigenvalue weighted by Crippen LogP contribution is -2.46. The Bertz CT molecular complexity index is 675. The molecule has 1 aliphatic rings. The largest absolute Gasteiger partial charge is 0.366 e. The molecule has 1 aliphatic heterocycles. The number of morpholine rings is 1. The van der Waals surface area contributed by atoms with Gasteiger partial charge in [0.1, 0.15) is 6.10 Å². The van der Waals surface area contributed by atoms with E-state index in [-0.39, 0.29) is 11.7 Å². The van der Waals surface area contributed by atoms with E-state index in [4.69, 9.17) is 4.74 Å². The number of likely N-dealkylation sites (N-methyl/N-ethyl adjacent to an activating group) is 1. The van der Waals surface area contributed by atoms with Crippen molar-refractivity contribution in [2.24, 2.45) is 0 Å². The summed E-state index contributed by atoms with van der Waals surface area (Å²) in [5.74, 6) is -0.345.